The van der Waals surface area contributed by atoms with Gasteiger partial charge in [-0.3, -0.25) is 4.79 Å². The third-order valence-electron chi connectivity index (χ3n) is 3.37. The van der Waals surface area contributed by atoms with Gasteiger partial charge in [0.2, 0.25) is 5.91 Å². The molecule has 10 nitrogen and oxygen atoms in total. The van der Waals surface area contributed by atoms with E-state index >= 15 is 0 Å². The zero-order chi connectivity index (χ0) is 22.0. The van der Waals surface area contributed by atoms with Crippen LogP contribution < -0.4 is 104 Å². The van der Waals surface area contributed by atoms with E-state index in [2.05, 4.69) is 12.2 Å². The number of nitrogens with one attached hydrogen (secondary N) is 1. The molecule has 1 atom stereocenters. The molecule has 0 heterocycles. The van der Waals surface area contributed by atoms with E-state index in [9.17, 15) is 37.6 Å². The number of rotatable bonds is 14. The van der Waals surface area contributed by atoms with Crippen molar-refractivity contribution >= 4 is 28.0 Å². The summed E-state index contributed by atoms with van der Waals surface area (Å²) in [7, 11) is -5.19. The van der Waals surface area contributed by atoms with Crippen molar-refractivity contribution in [2.24, 2.45) is 0 Å². The Bertz CT molecular complexity index is 602. The van der Waals surface area contributed by atoms with Crippen molar-refractivity contribution in [3.63, 3.8) is 0 Å². The number of unbranched alkanes of at least 4 members (excludes halogenated alkanes) is 6. The predicted octanol–water partition coefficient (Wildman–Crippen LogP) is -10.8. The minimum atomic E-state index is -5.19. The maximum atomic E-state index is 11.1. The van der Waals surface area contributed by atoms with E-state index in [1.165, 1.54) is 32.1 Å². The van der Waals surface area contributed by atoms with Crippen molar-refractivity contribution in [3.8, 4) is 0 Å². The maximum absolute atomic E-state index is 11.1. The molecule has 0 spiro atoms. The van der Waals surface area contributed by atoms with Crippen molar-refractivity contribution in [2.75, 3.05) is 13.2 Å². The van der Waals surface area contributed by atoms with E-state index in [4.69, 9.17) is 5.11 Å². The number of carboxylic acids is 2. The Morgan fingerprint density at radius 2 is 1.52 bits per heavy atom. The third kappa shape index (κ3) is 31.0. The summed E-state index contributed by atoms with van der Waals surface area (Å²) in [6.45, 7) is 2.55. The molecule has 14 heteroatoms. The van der Waals surface area contributed by atoms with Crippen LogP contribution in [-0.2, 0) is 24.5 Å². The summed E-state index contributed by atoms with van der Waals surface area (Å²) in [5.74, 6) is -4.29. The topological polar surface area (TPSA) is 187 Å². The number of aliphatic hydroxyl groups is 1. The van der Waals surface area contributed by atoms with E-state index < -0.39 is 33.7 Å². The normalized spacial score (nSPS) is 10.9. The quantitative estimate of drug-likeness (QED) is 0.103. The first-order valence-electron chi connectivity index (χ1n) is 8.96. The molecule has 0 saturated carbocycles. The second-order valence-electron chi connectivity index (χ2n) is 5.85. The molecule has 0 bridgehead atoms. The van der Waals surface area contributed by atoms with E-state index in [1.807, 2.05) is 6.08 Å². The van der Waals surface area contributed by atoms with Crippen LogP contribution in [0.2, 0.25) is 0 Å². The van der Waals surface area contributed by atoms with Gasteiger partial charge in [-0.25, -0.2) is 8.42 Å². The Kier molecular flexibility index (Phi) is 37.1. The van der Waals surface area contributed by atoms with Crippen LogP contribution in [0.1, 0.15) is 58.3 Å². The van der Waals surface area contributed by atoms with Crippen molar-refractivity contribution in [3.05, 3.63) is 12.2 Å². The van der Waals surface area contributed by atoms with E-state index in [-0.39, 0.29) is 101 Å². The minimum absolute atomic E-state index is 0. The summed E-state index contributed by atoms with van der Waals surface area (Å²) >= 11 is 0. The molecule has 1 amide bonds. The standard InChI is InChI=1S/C13H25NO2.C4H6O7S.3Na/c1-2-3-4-5-6-7-8-9-10-13(16)14-11-12-15;5-3(6)1-2(4(7)8)12(9,10)11;;;/h9-10,15H,2-8,11-12H2,1H3,(H,14,16);2H,1H2,(H,5,6)(H,7,8)(H,9,10,11);;;/q;;3*+1/p-3. The average molecular weight is 491 g/mol. The molecule has 164 valence electrons. The smallest absolute Gasteiger partial charge is 0.747 e. The maximum Gasteiger partial charge on any atom is 1.00 e. The fraction of sp³-hybridized carbons (Fsp3) is 0.706. The number of amides is 1. The summed E-state index contributed by atoms with van der Waals surface area (Å²) in [5.41, 5.74) is 0. The van der Waals surface area contributed by atoms with Gasteiger partial charge >= 0.3 is 88.7 Å². The first-order valence-corrected chi connectivity index (χ1v) is 10.4. The first-order chi connectivity index (χ1) is 13.1. The first kappa shape index (κ1) is 42.2. The Hall–Kier alpha value is 1.02. The second-order valence-corrected chi connectivity index (χ2v) is 7.40. The molecule has 0 aliphatic heterocycles. The fourth-order valence-corrected chi connectivity index (χ4v) is 2.50. The number of carboxylic acid groups (broad SMARTS) is 2. The Morgan fingerprint density at radius 1 is 1.00 bits per heavy atom. The second kappa shape index (κ2) is 27.3. The summed E-state index contributed by atoms with van der Waals surface area (Å²) in [6, 6.07) is 0. The average Bonchev–Trinajstić information content (AvgIpc) is 2.59. The predicted molar refractivity (Wildman–Crippen MR) is 95.3 cm³/mol. The van der Waals surface area contributed by atoms with Gasteiger partial charge in [-0.1, -0.05) is 45.1 Å². The number of hydrogen-bond donors (Lipinski definition) is 2. The van der Waals surface area contributed by atoms with Gasteiger partial charge < -0.3 is 34.8 Å². The van der Waals surface area contributed by atoms with Crippen molar-refractivity contribution in [1.82, 2.24) is 5.32 Å². The number of aliphatic hydroxyl groups excluding tert-OH is 1. The van der Waals surface area contributed by atoms with Gasteiger partial charge in [0.1, 0.15) is 10.1 Å². The van der Waals surface area contributed by atoms with E-state index in [0.717, 1.165) is 12.8 Å². The molecule has 31 heavy (non-hydrogen) atoms. The minimum Gasteiger partial charge on any atom is -0.747 e. The number of carbonyl (C=O) groups is 3. The molecular formula is C17H28NNa3O9S. The fourth-order valence-electron chi connectivity index (χ4n) is 1.93. The van der Waals surface area contributed by atoms with Crippen molar-refractivity contribution in [1.29, 1.82) is 0 Å². The van der Waals surface area contributed by atoms with Gasteiger partial charge in [0.25, 0.3) is 0 Å². The third-order valence-corrected chi connectivity index (χ3v) is 4.42. The zero-order valence-electron chi connectivity index (χ0n) is 18.9. The Labute approximate surface area is 250 Å². The zero-order valence-corrected chi connectivity index (χ0v) is 25.7. The van der Waals surface area contributed by atoms with Gasteiger partial charge in [0.15, 0.2) is 0 Å². The molecule has 0 aromatic rings. The summed E-state index contributed by atoms with van der Waals surface area (Å²) in [4.78, 5) is 30.7. The molecule has 0 aliphatic rings. The number of carbonyl (C=O) groups excluding carboxylic acids is 3. The van der Waals surface area contributed by atoms with Crippen molar-refractivity contribution in [2.45, 2.75) is 63.5 Å². The molecule has 0 aromatic carbocycles. The molecule has 0 radical (unpaired) electrons. The van der Waals surface area contributed by atoms with Crippen LogP contribution in [0.5, 0.6) is 0 Å². The van der Waals surface area contributed by atoms with Gasteiger partial charge in [-0.05, 0) is 18.9 Å². The van der Waals surface area contributed by atoms with Gasteiger partial charge in [-0.15, -0.1) is 0 Å². The molecule has 2 N–H and O–H groups in total. The van der Waals surface area contributed by atoms with E-state index in [0.29, 0.717) is 6.54 Å². The molecule has 0 aromatic heterocycles. The van der Waals surface area contributed by atoms with Gasteiger partial charge in [-0.2, -0.15) is 0 Å². The van der Waals surface area contributed by atoms with Crippen LogP contribution in [0.25, 0.3) is 0 Å². The molecular weight excluding hydrogens is 463 g/mol. The van der Waals surface area contributed by atoms with Crippen LogP contribution in [0.4, 0.5) is 0 Å². The van der Waals surface area contributed by atoms with Crippen LogP contribution in [-0.4, -0.2) is 54.3 Å². The summed E-state index contributed by atoms with van der Waals surface area (Å²) < 4.78 is 30.1. The van der Waals surface area contributed by atoms with Gasteiger partial charge in [0, 0.05) is 18.9 Å². The molecule has 0 aliphatic carbocycles. The molecule has 0 saturated heterocycles. The molecule has 0 rings (SSSR count). The Morgan fingerprint density at radius 3 is 1.90 bits per heavy atom. The molecule has 1 unspecified atom stereocenters. The number of aliphatic carboxylic acids is 2. The van der Waals surface area contributed by atoms with Crippen LogP contribution in [0, 0.1) is 0 Å². The van der Waals surface area contributed by atoms with Gasteiger partial charge in [0.05, 0.1) is 17.8 Å². The molecule has 0 fully saturated rings. The van der Waals surface area contributed by atoms with Crippen molar-refractivity contribution < 1.29 is 131 Å². The SMILES string of the molecule is CCCCCCCCC=CC(=O)NCCO.O=C([O-])CC(C(=O)[O-])S(=O)(=O)[O-].[Na+].[Na+].[Na+]. The van der Waals surface area contributed by atoms with Crippen LogP contribution >= 0.6 is 0 Å². The summed E-state index contributed by atoms with van der Waals surface area (Å²) in [5, 5.41) is 28.1. The monoisotopic (exact) mass is 491 g/mol. The largest absolute Gasteiger partial charge is 1.00 e. The van der Waals surface area contributed by atoms with Crippen LogP contribution in [0.3, 0.4) is 0 Å². The Balaban J connectivity index is -0.000000137. The number of hydrogen-bond acceptors (Lipinski definition) is 9. The van der Waals surface area contributed by atoms with Crippen LogP contribution in [0.15, 0.2) is 12.2 Å². The number of allylic oxidation sites excluding steroid dienone is 1. The summed E-state index contributed by atoms with van der Waals surface area (Å²) in [6.07, 6.45) is 10.7. The van der Waals surface area contributed by atoms with E-state index in [1.54, 1.807) is 6.08 Å².